The first-order chi connectivity index (χ1) is 6.55. The molecule has 0 heterocycles. The second-order valence-corrected chi connectivity index (χ2v) is 11.9. The topological polar surface area (TPSA) is 0 Å². The lowest BCUT2D eigenvalue weighted by Crippen LogP contribution is -2.44. The highest BCUT2D eigenvalue weighted by Gasteiger charge is 2.57. The maximum atomic E-state index is 13.1. The quantitative estimate of drug-likeness (QED) is 0.393. The van der Waals surface area contributed by atoms with Crippen LogP contribution >= 0.6 is 33.2 Å². The van der Waals surface area contributed by atoms with Gasteiger partial charge >= 0.3 is 18.4 Å². The SMILES string of the molecule is CCC(C(F)C(F)(F)C(F)F)[Si](Cl)(Cl)Cl. The number of alkyl halides is 5. The summed E-state index contributed by atoms with van der Waals surface area (Å²) in [4.78, 5) is 0. The van der Waals surface area contributed by atoms with Crippen LogP contribution in [0.15, 0.2) is 0 Å². The van der Waals surface area contributed by atoms with Gasteiger partial charge in [0, 0.05) is 5.54 Å². The Kier molecular flexibility index (Phi) is 5.64. The molecule has 0 aliphatic heterocycles. The molecule has 2 unspecified atom stereocenters. The summed E-state index contributed by atoms with van der Waals surface area (Å²) in [6.07, 6.45) is -7.48. The van der Waals surface area contributed by atoms with Gasteiger partial charge < -0.3 is 0 Å². The maximum Gasteiger partial charge on any atom is 0.347 e. The summed E-state index contributed by atoms with van der Waals surface area (Å²) in [5, 5.41) is 0. The summed E-state index contributed by atoms with van der Waals surface area (Å²) in [5.41, 5.74) is -1.65. The van der Waals surface area contributed by atoms with Crippen molar-refractivity contribution in [3.63, 3.8) is 0 Å². The molecule has 0 aromatic rings. The highest BCUT2D eigenvalue weighted by atomic mass is 35.8. The predicted molar refractivity (Wildman–Crippen MR) is 53.2 cm³/mol. The van der Waals surface area contributed by atoms with Crippen LogP contribution in [-0.4, -0.2) is 24.5 Å². The highest BCUT2D eigenvalue weighted by Crippen LogP contribution is 2.46. The van der Waals surface area contributed by atoms with Crippen LogP contribution in [0.4, 0.5) is 22.0 Å². The Bertz CT molecular complexity index is 207. The van der Waals surface area contributed by atoms with E-state index in [-0.39, 0.29) is 6.42 Å². The van der Waals surface area contributed by atoms with E-state index in [0.717, 1.165) is 0 Å². The van der Waals surface area contributed by atoms with E-state index in [1.807, 2.05) is 0 Å². The van der Waals surface area contributed by atoms with Gasteiger partial charge in [0.25, 0.3) is 0 Å². The first-order valence-corrected chi connectivity index (χ1v) is 9.03. The van der Waals surface area contributed by atoms with E-state index in [1.165, 1.54) is 6.92 Å². The Morgan fingerprint density at radius 2 is 1.53 bits per heavy atom. The second-order valence-electron chi connectivity index (χ2n) is 2.93. The zero-order chi connectivity index (χ0) is 12.4. The van der Waals surface area contributed by atoms with Gasteiger partial charge in [0.1, 0.15) is 0 Å². The Hall–Kier alpha value is 0.737. The van der Waals surface area contributed by atoms with Gasteiger partial charge in [-0.3, -0.25) is 0 Å². The van der Waals surface area contributed by atoms with Crippen LogP contribution in [0.2, 0.25) is 5.54 Å². The zero-order valence-electron chi connectivity index (χ0n) is 7.46. The molecule has 0 aromatic heterocycles. The van der Waals surface area contributed by atoms with E-state index < -0.39 is 30.1 Å². The summed E-state index contributed by atoms with van der Waals surface area (Å²) in [6, 6.07) is -3.78. The van der Waals surface area contributed by atoms with Crippen molar-refractivity contribution in [2.45, 2.75) is 37.4 Å². The van der Waals surface area contributed by atoms with Gasteiger partial charge in [-0.1, -0.05) is 6.92 Å². The minimum Gasteiger partial charge on any atom is -0.240 e. The van der Waals surface area contributed by atoms with Gasteiger partial charge in [0.2, 0.25) is 0 Å². The number of hydrogen-bond acceptors (Lipinski definition) is 0. The third-order valence-corrected chi connectivity index (χ3v) is 5.94. The van der Waals surface area contributed by atoms with E-state index in [1.54, 1.807) is 0 Å². The van der Waals surface area contributed by atoms with Gasteiger partial charge in [-0.15, -0.1) is 33.2 Å². The molecule has 0 rings (SSSR count). The van der Waals surface area contributed by atoms with Gasteiger partial charge in [-0.2, -0.15) is 8.78 Å². The molecule has 0 spiro atoms. The van der Waals surface area contributed by atoms with E-state index >= 15 is 0 Å². The van der Waals surface area contributed by atoms with Crippen LogP contribution in [-0.2, 0) is 0 Å². The minimum atomic E-state index is -4.78. The average Bonchev–Trinajstić information content (AvgIpc) is 2.02. The molecule has 0 fully saturated rings. The molecule has 0 bridgehead atoms. The van der Waals surface area contributed by atoms with E-state index in [2.05, 4.69) is 0 Å². The Morgan fingerprint density at radius 3 is 1.73 bits per heavy atom. The Balaban J connectivity index is 4.88. The van der Waals surface area contributed by atoms with Crippen molar-refractivity contribution in [2.24, 2.45) is 0 Å². The molecule has 0 saturated heterocycles. The molecular formula is C6H8Cl3F5Si. The van der Waals surface area contributed by atoms with Crippen molar-refractivity contribution >= 4 is 39.2 Å². The maximum absolute atomic E-state index is 13.1. The number of hydrogen-bond donors (Lipinski definition) is 0. The highest BCUT2D eigenvalue weighted by molar-refractivity contribution is 7.65. The standard InChI is InChI=1S/C6H8Cl3F5Si/c1-2-3(15(7,8)9)4(10)6(13,14)5(11)12/h3-5H,2H2,1H3. The predicted octanol–water partition coefficient (Wildman–Crippen LogP) is 4.66. The summed E-state index contributed by atoms with van der Waals surface area (Å²) < 4.78 is 62.1. The van der Waals surface area contributed by atoms with E-state index in [4.69, 9.17) is 33.2 Å². The normalized spacial score (nSPS) is 18.0. The fraction of sp³-hybridized carbons (Fsp3) is 1.00. The molecule has 2 atom stereocenters. The average molecular weight is 310 g/mol. The molecule has 0 aromatic carbocycles. The lowest BCUT2D eigenvalue weighted by molar-refractivity contribution is -0.171. The Labute approximate surface area is 98.8 Å². The molecule has 0 saturated carbocycles. The fourth-order valence-corrected chi connectivity index (χ4v) is 4.39. The van der Waals surface area contributed by atoms with Gasteiger partial charge in [0.05, 0.1) is 0 Å². The molecule has 9 heteroatoms. The molecule has 0 N–H and O–H groups in total. The van der Waals surface area contributed by atoms with Crippen LogP contribution in [0.25, 0.3) is 0 Å². The van der Waals surface area contributed by atoms with Gasteiger partial charge in [0.15, 0.2) is 6.17 Å². The molecule has 0 radical (unpaired) electrons. The summed E-state index contributed by atoms with van der Waals surface area (Å²) in [7, 11) is 0. The Morgan fingerprint density at radius 1 is 1.13 bits per heavy atom. The summed E-state index contributed by atoms with van der Waals surface area (Å²) in [5.74, 6) is -4.78. The van der Waals surface area contributed by atoms with Crippen LogP contribution < -0.4 is 0 Å². The molecular weight excluding hydrogens is 302 g/mol. The lowest BCUT2D eigenvalue weighted by Gasteiger charge is -2.29. The van der Waals surface area contributed by atoms with Crippen LogP contribution in [0.5, 0.6) is 0 Å². The molecule has 92 valence electrons. The molecule has 15 heavy (non-hydrogen) atoms. The largest absolute Gasteiger partial charge is 0.347 e. The molecule has 0 nitrogen and oxygen atoms in total. The third-order valence-electron chi connectivity index (χ3n) is 1.87. The van der Waals surface area contributed by atoms with Crippen molar-refractivity contribution in [3.05, 3.63) is 0 Å². The van der Waals surface area contributed by atoms with Crippen molar-refractivity contribution in [3.8, 4) is 0 Å². The monoisotopic (exact) mass is 308 g/mol. The molecule has 0 amide bonds. The number of halogens is 8. The first-order valence-electron chi connectivity index (χ1n) is 3.91. The van der Waals surface area contributed by atoms with Crippen molar-refractivity contribution < 1.29 is 22.0 Å². The lowest BCUT2D eigenvalue weighted by atomic mass is 10.1. The van der Waals surface area contributed by atoms with Gasteiger partial charge in [-0.05, 0) is 6.42 Å². The zero-order valence-corrected chi connectivity index (χ0v) is 10.7. The van der Waals surface area contributed by atoms with Gasteiger partial charge in [-0.25, -0.2) is 13.2 Å². The molecule has 0 aliphatic rings. The first kappa shape index (κ1) is 15.7. The van der Waals surface area contributed by atoms with Crippen LogP contribution in [0, 0.1) is 0 Å². The third kappa shape index (κ3) is 3.91. The second kappa shape index (κ2) is 5.38. The summed E-state index contributed by atoms with van der Waals surface area (Å²) >= 11 is 16.1. The number of rotatable bonds is 5. The van der Waals surface area contributed by atoms with Crippen LogP contribution in [0.1, 0.15) is 13.3 Å². The van der Waals surface area contributed by atoms with Crippen LogP contribution in [0.3, 0.4) is 0 Å². The van der Waals surface area contributed by atoms with Crippen molar-refractivity contribution in [1.82, 2.24) is 0 Å². The van der Waals surface area contributed by atoms with E-state index in [0.29, 0.717) is 0 Å². The summed E-state index contributed by atoms with van der Waals surface area (Å²) in [6.45, 7) is 1.30. The molecule has 0 aliphatic carbocycles. The fourth-order valence-electron chi connectivity index (χ4n) is 0.993. The van der Waals surface area contributed by atoms with E-state index in [9.17, 15) is 22.0 Å². The minimum absolute atomic E-state index is 0.230. The van der Waals surface area contributed by atoms with Crippen molar-refractivity contribution in [1.29, 1.82) is 0 Å². The smallest absolute Gasteiger partial charge is 0.240 e. The van der Waals surface area contributed by atoms with Crippen molar-refractivity contribution in [2.75, 3.05) is 0 Å².